The van der Waals surface area contributed by atoms with Crippen molar-refractivity contribution in [1.82, 2.24) is 4.90 Å². The maximum atomic E-state index is 9.62. The third-order valence-corrected chi connectivity index (χ3v) is 2.18. The lowest BCUT2D eigenvalue weighted by Crippen LogP contribution is -2.37. The van der Waals surface area contributed by atoms with Crippen LogP contribution in [-0.2, 0) is 4.74 Å². The Hall–Kier alpha value is -0.630. The molecule has 0 saturated heterocycles. The van der Waals surface area contributed by atoms with E-state index in [9.17, 15) is 5.11 Å². The molecule has 0 aromatic heterocycles. The van der Waals surface area contributed by atoms with Gasteiger partial charge in [0.05, 0.1) is 24.7 Å². The topological polar surface area (TPSA) is 56.5 Å². The SMILES string of the molecule is CCOCC(O)CN(CC)CC(C)C#N. The van der Waals surface area contributed by atoms with E-state index in [1.54, 1.807) is 0 Å². The summed E-state index contributed by atoms with van der Waals surface area (Å²) in [5.74, 6) is 0.00393. The van der Waals surface area contributed by atoms with Gasteiger partial charge in [0, 0.05) is 19.7 Å². The average Bonchev–Trinajstić information content (AvgIpc) is 2.25. The number of ether oxygens (including phenoxy) is 1. The molecule has 0 saturated carbocycles. The summed E-state index contributed by atoms with van der Waals surface area (Å²) in [7, 11) is 0. The third-order valence-electron chi connectivity index (χ3n) is 2.18. The van der Waals surface area contributed by atoms with Crippen LogP contribution in [0.4, 0.5) is 0 Å². The Labute approximate surface area is 92.4 Å². The zero-order chi connectivity index (χ0) is 11.7. The number of likely N-dealkylation sites (N-methyl/N-ethyl adjacent to an activating group) is 1. The molecule has 0 bridgehead atoms. The fraction of sp³-hybridized carbons (Fsp3) is 0.909. The molecule has 0 aliphatic carbocycles. The van der Waals surface area contributed by atoms with E-state index in [0.29, 0.717) is 26.3 Å². The number of aliphatic hydroxyl groups excluding tert-OH is 1. The molecule has 0 aromatic carbocycles. The predicted octanol–water partition coefficient (Wildman–Crippen LogP) is 0.865. The fourth-order valence-electron chi connectivity index (χ4n) is 1.37. The molecule has 0 spiro atoms. The minimum atomic E-state index is -0.462. The first-order chi connectivity index (χ1) is 7.13. The van der Waals surface area contributed by atoms with Gasteiger partial charge < -0.3 is 9.84 Å². The van der Waals surface area contributed by atoms with Gasteiger partial charge in [-0.25, -0.2) is 0 Å². The molecule has 0 radical (unpaired) electrons. The Bertz CT molecular complexity index is 192. The third kappa shape index (κ3) is 7.32. The van der Waals surface area contributed by atoms with Gasteiger partial charge in [0.2, 0.25) is 0 Å². The molecule has 4 heteroatoms. The van der Waals surface area contributed by atoms with Crippen molar-refractivity contribution in [2.45, 2.75) is 26.9 Å². The largest absolute Gasteiger partial charge is 0.389 e. The summed E-state index contributed by atoms with van der Waals surface area (Å²) >= 11 is 0. The average molecular weight is 214 g/mol. The molecule has 0 rings (SSSR count). The molecular weight excluding hydrogens is 192 g/mol. The number of hydrogen-bond donors (Lipinski definition) is 1. The van der Waals surface area contributed by atoms with E-state index in [0.717, 1.165) is 6.54 Å². The van der Waals surface area contributed by atoms with Crippen molar-refractivity contribution in [3.05, 3.63) is 0 Å². The highest BCUT2D eigenvalue weighted by Crippen LogP contribution is 2.00. The summed E-state index contributed by atoms with van der Waals surface area (Å²) in [5, 5.41) is 18.3. The normalized spacial score (nSPS) is 14.9. The standard InChI is InChI=1S/C11H22N2O2/c1-4-13(7-10(3)6-12)8-11(14)9-15-5-2/h10-11,14H,4-5,7-9H2,1-3H3. The molecule has 1 N–H and O–H groups in total. The van der Waals surface area contributed by atoms with Gasteiger partial charge in [-0.1, -0.05) is 6.92 Å². The maximum Gasteiger partial charge on any atom is 0.0900 e. The molecule has 0 fully saturated rings. The zero-order valence-electron chi connectivity index (χ0n) is 9.94. The van der Waals surface area contributed by atoms with Crippen molar-refractivity contribution in [3.8, 4) is 6.07 Å². The summed E-state index contributed by atoms with van der Waals surface area (Å²) in [4.78, 5) is 2.07. The lowest BCUT2D eigenvalue weighted by Gasteiger charge is -2.24. The molecule has 88 valence electrons. The molecule has 0 heterocycles. The van der Waals surface area contributed by atoms with Gasteiger partial charge in [-0.2, -0.15) is 5.26 Å². The first-order valence-corrected chi connectivity index (χ1v) is 5.51. The van der Waals surface area contributed by atoms with E-state index in [-0.39, 0.29) is 5.92 Å². The molecule has 0 aliphatic heterocycles. The fourth-order valence-corrected chi connectivity index (χ4v) is 1.37. The van der Waals surface area contributed by atoms with Crippen LogP contribution in [0.25, 0.3) is 0 Å². The Morgan fingerprint density at radius 2 is 2.07 bits per heavy atom. The van der Waals surface area contributed by atoms with Crippen molar-refractivity contribution in [3.63, 3.8) is 0 Å². The van der Waals surface area contributed by atoms with Crippen LogP contribution in [0.5, 0.6) is 0 Å². The van der Waals surface area contributed by atoms with E-state index in [1.807, 2.05) is 20.8 Å². The molecule has 2 atom stereocenters. The van der Waals surface area contributed by atoms with E-state index in [2.05, 4.69) is 11.0 Å². The number of rotatable bonds is 8. The van der Waals surface area contributed by atoms with Crippen LogP contribution in [0.2, 0.25) is 0 Å². The van der Waals surface area contributed by atoms with Gasteiger partial charge in [0.1, 0.15) is 0 Å². The van der Waals surface area contributed by atoms with Gasteiger partial charge >= 0.3 is 0 Å². The molecule has 15 heavy (non-hydrogen) atoms. The highest BCUT2D eigenvalue weighted by atomic mass is 16.5. The predicted molar refractivity (Wildman–Crippen MR) is 59.4 cm³/mol. The van der Waals surface area contributed by atoms with E-state index in [4.69, 9.17) is 10.00 Å². The zero-order valence-corrected chi connectivity index (χ0v) is 9.94. The molecule has 0 amide bonds. The molecule has 2 unspecified atom stereocenters. The Morgan fingerprint density at radius 1 is 1.40 bits per heavy atom. The van der Waals surface area contributed by atoms with Crippen LogP contribution >= 0.6 is 0 Å². The second kappa shape index (κ2) is 8.66. The van der Waals surface area contributed by atoms with Crippen molar-refractivity contribution < 1.29 is 9.84 Å². The molecular formula is C11H22N2O2. The second-order valence-corrected chi connectivity index (χ2v) is 3.70. The lowest BCUT2D eigenvalue weighted by atomic mass is 10.2. The molecule has 4 nitrogen and oxygen atoms in total. The summed E-state index contributed by atoms with van der Waals surface area (Å²) in [5.41, 5.74) is 0. The number of hydrogen-bond acceptors (Lipinski definition) is 4. The molecule has 0 aliphatic rings. The van der Waals surface area contributed by atoms with Crippen molar-refractivity contribution in [2.75, 3.05) is 32.8 Å². The molecule has 0 aromatic rings. The van der Waals surface area contributed by atoms with Crippen molar-refractivity contribution >= 4 is 0 Å². The summed E-state index contributed by atoms with van der Waals surface area (Å²) in [6, 6.07) is 2.19. The number of nitriles is 1. The monoisotopic (exact) mass is 214 g/mol. The highest BCUT2D eigenvalue weighted by molar-refractivity contribution is 4.81. The van der Waals surface area contributed by atoms with Crippen LogP contribution in [0, 0.1) is 17.2 Å². The van der Waals surface area contributed by atoms with Crippen LogP contribution < -0.4 is 0 Å². The number of nitrogens with zero attached hydrogens (tertiary/aromatic N) is 2. The van der Waals surface area contributed by atoms with Gasteiger partial charge in [0.25, 0.3) is 0 Å². The number of aliphatic hydroxyl groups is 1. The Morgan fingerprint density at radius 3 is 2.53 bits per heavy atom. The summed E-state index contributed by atoms with van der Waals surface area (Å²) < 4.78 is 5.13. The van der Waals surface area contributed by atoms with Gasteiger partial charge in [0.15, 0.2) is 0 Å². The minimum absolute atomic E-state index is 0.00393. The summed E-state index contributed by atoms with van der Waals surface area (Å²) in [6.45, 7) is 8.93. The first kappa shape index (κ1) is 14.4. The quantitative estimate of drug-likeness (QED) is 0.651. The van der Waals surface area contributed by atoms with Gasteiger partial charge in [-0.15, -0.1) is 0 Å². The maximum absolute atomic E-state index is 9.62. The lowest BCUT2D eigenvalue weighted by molar-refractivity contribution is 0.0208. The van der Waals surface area contributed by atoms with Crippen molar-refractivity contribution in [1.29, 1.82) is 5.26 Å². The van der Waals surface area contributed by atoms with E-state index < -0.39 is 6.10 Å². The van der Waals surface area contributed by atoms with E-state index in [1.165, 1.54) is 0 Å². The Kier molecular flexibility index (Phi) is 8.30. The Balaban J connectivity index is 3.82. The van der Waals surface area contributed by atoms with Crippen LogP contribution in [0.3, 0.4) is 0 Å². The second-order valence-electron chi connectivity index (χ2n) is 3.70. The minimum Gasteiger partial charge on any atom is -0.389 e. The smallest absolute Gasteiger partial charge is 0.0900 e. The van der Waals surface area contributed by atoms with Crippen LogP contribution in [-0.4, -0.2) is 49.0 Å². The highest BCUT2D eigenvalue weighted by Gasteiger charge is 2.12. The first-order valence-electron chi connectivity index (χ1n) is 5.51. The van der Waals surface area contributed by atoms with Gasteiger partial charge in [-0.05, 0) is 20.4 Å². The summed E-state index contributed by atoms with van der Waals surface area (Å²) in [6.07, 6.45) is -0.462. The van der Waals surface area contributed by atoms with Crippen molar-refractivity contribution in [2.24, 2.45) is 5.92 Å². The van der Waals surface area contributed by atoms with Crippen LogP contribution in [0.15, 0.2) is 0 Å². The van der Waals surface area contributed by atoms with Crippen LogP contribution in [0.1, 0.15) is 20.8 Å². The van der Waals surface area contributed by atoms with E-state index >= 15 is 0 Å². The van der Waals surface area contributed by atoms with Gasteiger partial charge in [-0.3, -0.25) is 4.90 Å².